The van der Waals surface area contributed by atoms with Gasteiger partial charge in [-0.1, -0.05) is 11.6 Å². The first-order valence-corrected chi connectivity index (χ1v) is 6.48. The molecule has 0 aliphatic carbocycles. The van der Waals surface area contributed by atoms with Crippen LogP contribution in [-0.2, 0) is 0 Å². The maximum Gasteiger partial charge on any atom is 0.124 e. The van der Waals surface area contributed by atoms with E-state index in [-0.39, 0.29) is 5.82 Å². The van der Waals surface area contributed by atoms with Gasteiger partial charge in [-0.3, -0.25) is 0 Å². The van der Waals surface area contributed by atoms with E-state index >= 15 is 0 Å². The molecule has 0 bridgehead atoms. The first-order valence-electron chi connectivity index (χ1n) is 6.10. The number of anilines is 1. The van der Waals surface area contributed by atoms with Gasteiger partial charge in [0.15, 0.2) is 0 Å². The van der Waals surface area contributed by atoms with Gasteiger partial charge in [0.05, 0.1) is 10.7 Å². The molecular weight excluding hydrogens is 239 g/mol. The zero-order chi connectivity index (χ0) is 12.3. The highest BCUT2D eigenvalue weighted by Crippen LogP contribution is 2.24. The molecule has 0 radical (unpaired) electrons. The van der Waals surface area contributed by atoms with Gasteiger partial charge in [-0.15, -0.1) is 0 Å². The average Bonchev–Trinajstić information content (AvgIpc) is 2.75. The number of rotatable bonds is 4. The second-order valence-electron chi connectivity index (χ2n) is 4.70. The Balaban J connectivity index is 1.90. The Morgan fingerprint density at radius 3 is 3.06 bits per heavy atom. The predicted octanol–water partition coefficient (Wildman–Crippen LogP) is 3.42. The van der Waals surface area contributed by atoms with Crippen LogP contribution in [0.1, 0.15) is 26.2 Å². The second-order valence-corrected chi connectivity index (χ2v) is 5.11. The lowest BCUT2D eigenvalue weighted by atomic mass is 10.1. The fraction of sp³-hybridized carbons (Fsp3) is 0.538. The van der Waals surface area contributed by atoms with Gasteiger partial charge in [-0.05, 0) is 50.9 Å². The Morgan fingerprint density at radius 1 is 1.59 bits per heavy atom. The van der Waals surface area contributed by atoms with Crippen molar-refractivity contribution in [2.75, 3.05) is 11.9 Å². The van der Waals surface area contributed by atoms with Crippen molar-refractivity contribution in [3.63, 3.8) is 0 Å². The third-order valence-corrected chi connectivity index (χ3v) is 3.45. The van der Waals surface area contributed by atoms with E-state index < -0.39 is 0 Å². The summed E-state index contributed by atoms with van der Waals surface area (Å²) in [6.45, 7) is 3.24. The minimum Gasteiger partial charge on any atom is -0.381 e. The zero-order valence-electron chi connectivity index (χ0n) is 9.97. The van der Waals surface area contributed by atoms with Crippen LogP contribution in [0, 0.1) is 5.82 Å². The molecule has 1 aromatic carbocycles. The van der Waals surface area contributed by atoms with Gasteiger partial charge in [0.1, 0.15) is 5.82 Å². The van der Waals surface area contributed by atoms with E-state index in [2.05, 4.69) is 17.6 Å². The zero-order valence-corrected chi connectivity index (χ0v) is 10.7. The molecule has 2 atom stereocenters. The first-order chi connectivity index (χ1) is 8.15. The van der Waals surface area contributed by atoms with Crippen molar-refractivity contribution >= 4 is 17.3 Å². The van der Waals surface area contributed by atoms with Gasteiger partial charge in [0, 0.05) is 12.1 Å². The molecule has 2 nitrogen and oxygen atoms in total. The lowest BCUT2D eigenvalue weighted by molar-refractivity contribution is 0.523. The lowest BCUT2D eigenvalue weighted by Gasteiger charge is -2.20. The Labute approximate surface area is 107 Å². The van der Waals surface area contributed by atoms with E-state index in [1.54, 1.807) is 6.07 Å². The highest BCUT2D eigenvalue weighted by molar-refractivity contribution is 6.33. The summed E-state index contributed by atoms with van der Waals surface area (Å²) < 4.78 is 12.9. The molecule has 1 aromatic rings. The number of halogens is 2. The summed E-state index contributed by atoms with van der Waals surface area (Å²) in [5.74, 6) is -0.300. The van der Waals surface area contributed by atoms with Crippen LogP contribution in [0.5, 0.6) is 0 Å². The molecular formula is C13H18ClFN2. The molecule has 2 N–H and O–H groups in total. The third kappa shape index (κ3) is 3.58. The van der Waals surface area contributed by atoms with E-state index in [0.29, 0.717) is 17.1 Å². The minimum atomic E-state index is -0.300. The maximum atomic E-state index is 12.9. The van der Waals surface area contributed by atoms with E-state index in [9.17, 15) is 4.39 Å². The SMILES string of the molecule is CC(CC1CCCN1)Nc1ccc(F)cc1Cl. The molecule has 1 saturated heterocycles. The summed E-state index contributed by atoms with van der Waals surface area (Å²) in [6, 6.07) is 5.38. The molecule has 1 aliphatic heterocycles. The molecule has 0 aromatic heterocycles. The Morgan fingerprint density at radius 2 is 2.41 bits per heavy atom. The van der Waals surface area contributed by atoms with Crippen molar-refractivity contribution in [3.8, 4) is 0 Å². The number of nitrogens with one attached hydrogen (secondary N) is 2. The van der Waals surface area contributed by atoms with E-state index in [4.69, 9.17) is 11.6 Å². The summed E-state index contributed by atoms with van der Waals surface area (Å²) in [6.07, 6.45) is 3.56. The van der Waals surface area contributed by atoms with Crippen molar-refractivity contribution in [2.45, 2.75) is 38.3 Å². The molecule has 2 rings (SSSR count). The fourth-order valence-electron chi connectivity index (χ4n) is 2.32. The van der Waals surface area contributed by atoms with Crippen LogP contribution in [-0.4, -0.2) is 18.6 Å². The Kier molecular flexibility index (Phi) is 4.24. The van der Waals surface area contributed by atoms with Crippen LogP contribution < -0.4 is 10.6 Å². The minimum absolute atomic E-state index is 0.300. The van der Waals surface area contributed by atoms with Gasteiger partial charge >= 0.3 is 0 Å². The average molecular weight is 257 g/mol. The normalized spacial score (nSPS) is 21.5. The van der Waals surface area contributed by atoms with E-state index in [1.807, 2.05) is 0 Å². The second kappa shape index (κ2) is 5.69. The van der Waals surface area contributed by atoms with Crippen molar-refractivity contribution < 1.29 is 4.39 Å². The smallest absolute Gasteiger partial charge is 0.124 e. The van der Waals surface area contributed by atoms with Gasteiger partial charge in [-0.2, -0.15) is 0 Å². The molecule has 0 amide bonds. The van der Waals surface area contributed by atoms with Crippen molar-refractivity contribution in [2.24, 2.45) is 0 Å². The molecule has 4 heteroatoms. The maximum absolute atomic E-state index is 12.9. The van der Waals surface area contributed by atoms with Gasteiger partial charge in [-0.25, -0.2) is 4.39 Å². The van der Waals surface area contributed by atoms with Crippen LogP contribution in [0.2, 0.25) is 5.02 Å². The topological polar surface area (TPSA) is 24.1 Å². The lowest BCUT2D eigenvalue weighted by Crippen LogP contribution is -2.29. The highest BCUT2D eigenvalue weighted by Gasteiger charge is 2.17. The number of hydrogen-bond donors (Lipinski definition) is 2. The van der Waals surface area contributed by atoms with Gasteiger partial charge in [0.25, 0.3) is 0 Å². The van der Waals surface area contributed by atoms with Gasteiger partial charge < -0.3 is 10.6 Å². The summed E-state index contributed by atoms with van der Waals surface area (Å²) >= 11 is 5.97. The quantitative estimate of drug-likeness (QED) is 0.863. The van der Waals surface area contributed by atoms with Gasteiger partial charge in [0.2, 0.25) is 0 Å². The molecule has 1 heterocycles. The summed E-state index contributed by atoms with van der Waals surface area (Å²) in [5.41, 5.74) is 0.804. The molecule has 0 saturated carbocycles. The summed E-state index contributed by atoms with van der Waals surface area (Å²) in [7, 11) is 0. The van der Waals surface area contributed by atoms with E-state index in [1.165, 1.54) is 25.0 Å². The summed E-state index contributed by atoms with van der Waals surface area (Å²) in [4.78, 5) is 0. The van der Waals surface area contributed by atoms with Crippen LogP contribution in [0.3, 0.4) is 0 Å². The fourth-order valence-corrected chi connectivity index (χ4v) is 2.54. The van der Waals surface area contributed by atoms with Crippen LogP contribution >= 0.6 is 11.6 Å². The summed E-state index contributed by atoms with van der Waals surface area (Å²) in [5, 5.41) is 7.23. The number of hydrogen-bond acceptors (Lipinski definition) is 2. The van der Waals surface area contributed by atoms with Crippen molar-refractivity contribution in [1.29, 1.82) is 0 Å². The largest absolute Gasteiger partial charge is 0.381 e. The Hall–Kier alpha value is -0.800. The Bertz CT molecular complexity index is 378. The first kappa shape index (κ1) is 12.7. The highest BCUT2D eigenvalue weighted by atomic mass is 35.5. The molecule has 1 fully saturated rings. The van der Waals surface area contributed by atoms with Crippen LogP contribution in [0.4, 0.5) is 10.1 Å². The van der Waals surface area contributed by atoms with Crippen molar-refractivity contribution in [3.05, 3.63) is 29.0 Å². The third-order valence-electron chi connectivity index (χ3n) is 3.13. The van der Waals surface area contributed by atoms with Crippen LogP contribution in [0.25, 0.3) is 0 Å². The van der Waals surface area contributed by atoms with Crippen LogP contribution in [0.15, 0.2) is 18.2 Å². The predicted molar refractivity (Wildman–Crippen MR) is 70.1 cm³/mol. The standard InChI is InChI=1S/C13H18ClFN2/c1-9(7-11-3-2-6-16-11)17-13-5-4-10(15)8-12(13)14/h4-5,8-9,11,16-17H,2-3,6-7H2,1H3. The monoisotopic (exact) mass is 256 g/mol. The molecule has 0 spiro atoms. The van der Waals surface area contributed by atoms with E-state index in [0.717, 1.165) is 18.7 Å². The van der Waals surface area contributed by atoms with Crippen molar-refractivity contribution in [1.82, 2.24) is 5.32 Å². The molecule has 1 aliphatic rings. The number of benzene rings is 1. The molecule has 2 unspecified atom stereocenters. The molecule has 17 heavy (non-hydrogen) atoms. The molecule has 94 valence electrons.